The zero-order chi connectivity index (χ0) is 42.3. The second-order valence-corrected chi connectivity index (χ2v) is 24.6. The maximum absolute atomic E-state index is 7.07. The van der Waals surface area contributed by atoms with Gasteiger partial charge in [0.2, 0.25) is 0 Å². The zero-order valence-electron chi connectivity index (χ0n) is 40.2. The second kappa shape index (κ2) is 24.5. The molecule has 5 heteroatoms. The van der Waals surface area contributed by atoms with Gasteiger partial charge in [-0.2, -0.15) is 10.6 Å². The summed E-state index contributed by atoms with van der Waals surface area (Å²) in [5.41, 5.74) is 2.59. The van der Waals surface area contributed by atoms with E-state index < -0.39 is 10.6 Å². The summed E-state index contributed by atoms with van der Waals surface area (Å²) in [6, 6.07) is 0. The van der Waals surface area contributed by atoms with Crippen molar-refractivity contribution in [3.05, 3.63) is 36.0 Å². The Labute approximate surface area is 370 Å². The van der Waals surface area contributed by atoms with Gasteiger partial charge in [0.15, 0.2) is 6.29 Å². The van der Waals surface area contributed by atoms with Crippen LogP contribution in [0.15, 0.2) is 36.0 Å². The predicted octanol–water partition coefficient (Wildman–Crippen LogP) is 16.5. The van der Waals surface area contributed by atoms with Crippen LogP contribution < -0.4 is 0 Å². The summed E-state index contributed by atoms with van der Waals surface area (Å²) in [6.45, 7) is 16.4. The van der Waals surface area contributed by atoms with Crippen molar-refractivity contribution < 1.29 is 13.1 Å². The van der Waals surface area contributed by atoms with Crippen LogP contribution in [0.5, 0.6) is 0 Å². The normalized spacial score (nSPS) is 38.8. The van der Waals surface area contributed by atoms with Crippen molar-refractivity contribution in [2.45, 2.75) is 227 Å². The SMILES string of the molecule is [B]CCCCCCOS(C)(C)OC1CCCCCCC/C=C\C/C=C\CCC(CC)CC(C(C)C)CCC(C)C2CCC3C4CC=C5CC(CCC5(C)C4CCC23C)O1. The number of unbranched alkanes of at least 4 members (excludes halogenated alkanes) is 3. The molecule has 0 aromatic carbocycles. The Balaban J connectivity index is 1.27. The number of ether oxygens (including phenoxy) is 1. The minimum absolute atomic E-state index is 0.180. The van der Waals surface area contributed by atoms with Gasteiger partial charge < -0.3 is 4.74 Å². The van der Waals surface area contributed by atoms with Crippen molar-refractivity contribution in [3.8, 4) is 0 Å². The van der Waals surface area contributed by atoms with E-state index in [0.717, 1.165) is 105 Å². The Morgan fingerprint density at radius 3 is 2.32 bits per heavy atom. The minimum atomic E-state index is -1.66. The van der Waals surface area contributed by atoms with E-state index in [-0.39, 0.29) is 12.4 Å². The average molecular weight is 835 g/mol. The van der Waals surface area contributed by atoms with Crippen LogP contribution >= 0.6 is 10.6 Å². The number of allylic oxidation sites excluding steroid dienone is 5. The molecule has 11 atom stereocenters. The van der Waals surface area contributed by atoms with Gasteiger partial charge in [-0.15, -0.1) is 0 Å². The third-order valence-electron chi connectivity index (χ3n) is 17.3. The van der Waals surface area contributed by atoms with Crippen molar-refractivity contribution in [3.63, 3.8) is 0 Å². The van der Waals surface area contributed by atoms with E-state index in [4.69, 9.17) is 20.9 Å². The van der Waals surface area contributed by atoms with Crippen LogP contribution in [-0.4, -0.2) is 39.4 Å². The lowest BCUT2D eigenvalue weighted by molar-refractivity contribution is -0.137. The lowest BCUT2D eigenvalue weighted by Gasteiger charge is -2.58. The molecule has 6 aliphatic rings. The Hall–Kier alpha value is -0.485. The van der Waals surface area contributed by atoms with Gasteiger partial charge in [-0.25, -0.2) is 0 Å². The molecule has 8 bridgehead atoms. The molecular formula is C54H95BO3S. The van der Waals surface area contributed by atoms with E-state index in [1.807, 2.05) is 0 Å². The third kappa shape index (κ3) is 14.3. The fourth-order valence-corrected chi connectivity index (χ4v) is 14.7. The molecule has 6 rings (SSSR count). The van der Waals surface area contributed by atoms with Gasteiger partial charge in [0, 0.05) is 18.9 Å². The molecule has 4 aliphatic carbocycles. The summed E-state index contributed by atoms with van der Waals surface area (Å²) in [5.74, 6) is 6.88. The molecule has 2 aliphatic heterocycles. The Morgan fingerprint density at radius 2 is 1.54 bits per heavy atom. The number of hydrogen-bond donors (Lipinski definition) is 0. The minimum Gasteiger partial charge on any atom is -0.347 e. The summed E-state index contributed by atoms with van der Waals surface area (Å²) in [4.78, 5) is 0. The molecule has 0 N–H and O–H groups in total. The number of fused-ring (bicyclic) bond motifs is 22. The smallest absolute Gasteiger partial charge is 0.180 e. The average Bonchev–Trinajstić information content (AvgIpc) is 3.56. The summed E-state index contributed by atoms with van der Waals surface area (Å²) in [7, 11) is 4.06. The molecule has 0 saturated heterocycles. The quantitative estimate of drug-likeness (QED) is 0.118. The first kappa shape index (κ1) is 49.5. The maximum Gasteiger partial charge on any atom is 0.180 e. The summed E-state index contributed by atoms with van der Waals surface area (Å²) in [5, 5.41) is 0. The van der Waals surface area contributed by atoms with Crippen LogP contribution in [0.4, 0.5) is 0 Å². The van der Waals surface area contributed by atoms with Crippen molar-refractivity contribution >= 4 is 18.4 Å². The van der Waals surface area contributed by atoms with Gasteiger partial charge in [-0.05, 0) is 167 Å². The van der Waals surface area contributed by atoms with Crippen molar-refractivity contribution in [1.82, 2.24) is 0 Å². The molecule has 0 aromatic rings. The summed E-state index contributed by atoms with van der Waals surface area (Å²) < 4.78 is 20.4. The zero-order valence-corrected chi connectivity index (χ0v) is 41.0. The van der Waals surface area contributed by atoms with Crippen LogP contribution in [0, 0.1) is 58.2 Å². The Kier molecular flexibility index (Phi) is 20.6. The van der Waals surface area contributed by atoms with E-state index in [0.29, 0.717) is 10.8 Å². The third-order valence-corrected chi connectivity index (χ3v) is 18.7. The molecule has 59 heavy (non-hydrogen) atoms. The first-order valence-corrected chi connectivity index (χ1v) is 28.1. The molecule has 2 heterocycles. The van der Waals surface area contributed by atoms with Crippen molar-refractivity contribution in [1.29, 1.82) is 0 Å². The summed E-state index contributed by atoms with van der Waals surface area (Å²) in [6.07, 6.45) is 50.7. The largest absolute Gasteiger partial charge is 0.347 e. The van der Waals surface area contributed by atoms with Gasteiger partial charge in [-0.1, -0.05) is 135 Å². The van der Waals surface area contributed by atoms with E-state index in [2.05, 4.69) is 84.4 Å². The van der Waals surface area contributed by atoms with E-state index >= 15 is 0 Å². The van der Waals surface area contributed by atoms with Crippen LogP contribution in [0.3, 0.4) is 0 Å². The number of rotatable bonds is 11. The molecule has 11 unspecified atom stereocenters. The van der Waals surface area contributed by atoms with Crippen molar-refractivity contribution in [2.24, 2.45) is 58.2 Å². The lowest BCUT2D eigenvalue weighted by Crippen LogP contribution is -2.51. The molecule has 2 radical (unpaired) electrons. The molecular weight excluding hydrogens is 739 g/mol. The lowest BCUT2D eigenvalue weighted by atomic mass is 9.47. The molecule has 0 spiro atoms. The van der Waals surface area contributed by atoms with Crippen LogP contribution in [0.2, 0.25) is 6.32 Å². The molecule has 0 aromatic heterocycles. The highest BCUT2D eigenvalue weighted by Gasteiger charge is 2.59. The Morgan fingerprint density at radius 1 is 0.797 bits per heavy atom. The van der Waals surface area contributed by atoms with E-state index in [1.165, 1.54) is 122 Å². The van der Waals surface area contributed by atoms with E-state index in [1.54, 1.807) is 5.57 Å². The first-order chi connectivity index (χ1) is 28.4. The molecule has 3 fully saturated rings. The highest BCUT2D eigenvalue weighted by Crippen LogP contribution is 2.67. The maximum atomic E-state index is 7.07. The van der Waals surface area contributed by atoms with E-state index in [9.17, 15) is 0 Å². The van der Waals surface area contributed by atoms with Crippen LogP contribution in [0.25, 0.3) is 0 Å². The van der Waals surface area contributed by atoms with Gasteiger partial charge in [0.1, 0.15) is 0 Å². The highest BCUT2D eigenvalue weighted by atomic mass is 32.3. The number of hydrogen-bond acceptors (Lipinski definition) is 3. The van der Waals surface area contributed by atoms with Gasteiger partial charge in [0.05, 0.1) is 20.6 Å². The second-order valence-electron chi connectivity index (χ2n) is 21.9. The van der Waals surface area contributed by atoms with Gasteiger partial charge >= 0.3 is 0 Å². The van der Waals surface area contributed by atoms with Crippen molar-refractivity contribution in [2.75, 3.05) is 19.1 Å². The fourth-order valence-electron chi connectivity index (χ4n) is 13.5. The molecule has 338 valence electrons. The van der Waals surface area contributed by atoms with Crippen LogP contribution in [0.1, 0.15) is 208 Å². The van der Waals surface area contributed by atoms with Crippen LogP contribution in [-0.2, 0) is 13.1 Å². The molecule has 3 saturated carbocycles. The monoisotopic (exact) mass is 835 g/mol. The molecule has 3 nitrogen and oxygen atoms in total. The molecule has 0 amide bonds. The van der Waals surface area contributed by atoms with Gasteiger partial charge in [-0.3, -0.25) is 8.37 Å². The topological polar surface area (TPSA) is 27.7 Å². The Bertz CT molecular complexity index is 1290. The van der Waals surface area contributed by atoms with Gasteiger partial charge in [0.25, 0.3) is 0 Å². The first-order valence-electron chi connectivity index (χ1n) is 25.8. The fraction of sp³-hybridized carbons (Fsp3) is 0.889. The predicted molar refractivity (Wildman–Crippen MR) is 259 cm³/mol. The standard InChI is InChI=1S/C54H95BO3S/c1-9-44-26-22-18-16-14-12-10-11-13-15-17-19-23-27-52(58-59(7,8)56-39-25-21-20-24-38-55)57-47-34-36-53(5)46(41-47)30-31-48-50-33-32-49(54(50,6)37-35-51(48)53)43(4)28-29-45(40-44)42(2)3/h10,12,16,18,30,42-45,47-52H,9,11,13-15,17,19-29,31-41H2,1-8H3/b12-10-,18-16-. The highest BCUT2D eigenvalue weighted by molar-refractivity contribution is 8.24. The summed E-state index contributed by atoms with van der Waals surface area (Å²) >= 11 is 0.